The van der Waals surface area contributed by atoms with Crippen LogP contribution < -0.4 is 4.74 Å². The molecule has 2 atom stereocenters. The Morgan fingerprint density at radius 2 is 2.04 bits per heavy atom. The van der Waals surface area contributed by atoms with Gasteiger partial charge in [0.05, 0.1) is 13.7 Å². The van der Waals surface area contributed by atoms with Gasteiger partial charge in [-0.2, -0.15) is 0 Å². The lowest BCUT2D eigenvalue weighted by atomic mass is 9.93. The zero-order chi connectivity index (χ0) is 17.6. The molecule has 136 valence electrons. The van der Waals surface area contributed by atoms with Crippen LogP contribution in [0.3, 0.4) is 0 Å². The third kappa shape index (κ3) is 4.74. The number of methoxy groups -OCH3 is 1. The van der Waals surface area contributed by atoms with Crippen LogP contribution in [0.4, 0.5) is 0 Å². The largest absolute Gasteiger partial charge is 0.497 e. The van der Waals surface area contributed by atoms with E-state index in [0.717, 1.165) is 30.8 Å². The van der Waals surface area contributed by atoms with Crippen LogP contribution >= 0.6 is 0 Å². The van der Waals surface area contributed by atoms with Gasteiger partial charge in [-0.15, -0.1) is 0 Å². The molecule has 0 aliphatic carbocycles. The van der Waals surface area contributed by atoms with E-state index in [4.69, 9.17) is 19.3 Å². The summed E-state index contributed by atoms with van der Waals surface area (Å²) in [7, 11) is 1.64. The number of aliphatic hydroxyl groups is 1. The van der Waals surface area contributed by atoms with Crippen molar-refractivity contribution in [1.82, 2.24) is 4.90 Å². The Hall–Kier alpha value is -2.05. The summed E-state index contributed by atoms with van der Waals surface area (Å²) in [5.41, 5.74) is 1.10. The van der Waals surface area contributed by atoms with Crippen LogP contribution in [0.1, 0.15) is 30.7 Å². The minimum Gasteiger partial charge on any atom is -0.497 e. The average molecular weight is 347 g/mol. The number of unbranched alkanes of at least 4 members (excludes halogenated alkanes) is 1. The molecule has 3 rings (SSSR count). The number of aliphatic hydroxyl groups excluding tert-OH is 1. The van der Waals surface area contributed by atoms with Gasteiger partial charge in [-0.25, -0.2) is 0 Å². The lowest BCUT2D eigenvalue weighted by Gasteiger charge is -2.29. The van der Waals surface area contributed by atoms with Gasteiger partial charge >= 0.3 is 0 Å². The summed E-state index contributed by atoms with van der Waals surface area (Å²) in [5, 5.41) is 8.86. The monoisotopic (exact) mass is 347 g/mol. The van der Waals surface area contributed by atoms with E-state index in [1.54, 1.807) is 12.0 Å². The van der Waals surface area contributed by atoms with Crippen LogP contribution in [-0.2, 0) is 14.3 Å². The molecule has 6 heteroatoms. The van der Waals surface area contributed by atoms with Gasteiger partial charge in [-0.1, -0.05) is 12.1 Å². The minimum atomic E-state index is -0.449. The third-order valence-electron chi connectivity index (χ3n) is 4.40. The zero-order valence-electron chi connectivity index (χ0n) is 14.5. The van der Waals surface area contributed by atoms with Gasteiger partial charge in [0.1, 0.15) is 5.75 Å². The lowest BCUT2D eigenvalue weighted by molar-refractivity contribution is -0.149. The SMILES string of the molecule is COc1ccc([C@@H]2C=C(C(=O)N3CC3)O[C@H](OCCCCO)C2)cc1. The van der Waals surface area contributed by atoms with E-state index in [9.17, 15) is 4.79 Å². The predicted molar refractivity (Wildman–Crippen MR) is 92.2 cm³/mol. The molecule has 1 amide bonds. The van der Waals surface area contributed by atoms with Crippen molar-refractivity contribution in [3.63, 3.8) is 0 Å². The summed E-state index contributed by atoms with van der Waals surface area (Å²) in [6, 6.07) is 7.85. The topological polar surface area (TPSA) is 68.0 Å². The van der Waals surface area contributed by atoms with Gasteiger partial charge in [-0.3, -0.25) is 4.79 Å². The average Bonchev–Trinajstić information content (AvgIpc) is 3.50. The number of amides is 1. The first-order valence-electron chi connectivity index (χ1n) is 8.75. The molecule has 2 aliphatic heterocycles. The van der Waals surface area contributed by atoms with Gasteiger partial charge in [-0.05, 0) is 36.6 Å². The number of ether oxygens (including phenoxy) is 3. The van der Waals surface area contributed by atoms with Crippen molar-refractivity contribution in [3.05, 3.63) is 41.7 Å². The Kier molecular flexibility index (Phi) is 5.94. The fraction of sp³-hybridized carbons (Fsp3) is 0.526. The number of hydrogen-bond donors (Lipinski definition) is 1. The van der Waals surface area contributed by atoms with Crippen molar-refractivity contribution in [3.8, 4) is 5.75 Å². The third-order valence-corrected chi connectivity index (χ3v) is 4.40. The standard InChI is InChI=1S/C19H25NO5/c1-23-16-6-4-14(5-7-16)15-12-17(19(22)20-8-9-20)25-18(13-15)24-11-3-2-10-21/h4-7,12,15,18,21H,2-3,8-11,13H2,1H3/t15-,18+/m1/s1. The Bertz CT molecular complexity index is 609. The van der Waals surface area contributed by atoms with Crippen molar-refractivity contribution in [2.45, 2.75) is 31.5 Å². The molecule has 1 aromatic carbocycles. The van der Waals surface area contributed by atoms with E-state index in [0.29, 0.717) is 25.2 Å². The number of benzene rings is 1. The van der Waals surface area contributed by atoms with Gasteiger partial charge in [0.25, 0.3) is 5.91 Å². The molecule has 2 aliphatic rings. The molecule has 25 heavy (non-hydrogen) atoms. The van der Waals surface area contributed by atoms with E-state index in [-0.39, 0.29) is 18.4 Å². The molecule has 1 aromatic rings. The van der Waals surface area contributed by atoms with Gasteiger partial charge < -0.3 is 24.2 Å². The number of allylic oxidation sites excluding steroid dienone is 1. The maximum atomic E-state index is 12.4. The lowest BCUT2D eigenvalue weighted by Crippen LogP contribution is -2.29. The van der Waals surface area contributed by atoms with Crippen molar-refractivity contribution < 1.29 is 24.1 Å². The molecule has 0 unspecified atom stereocenters. The number of carbonyl (C=O) groups is 1. The number of carbonyl (C=O) groups excluding carboxylic acids is 1. The minimum absolute atomic E-state index is 0.0568. The van der Waals surface area contributed by atoms with Gasteiger partial charge in [0.15, 0.2) is 5.76 Å². The van der Waals surface area contributed by atoms with Crippen LogP contribution in [0.25, 0.3) is 0 Å². The smallest absolute Gasteiger partial charge is 0.288 e. The van der Waals surface area contributed by atoms with Crippen LogP contribution in [0.2, 0.25) is 0 Å². The summed E-state index contributed by atoms with van der Waals surface area (Å²) >= 11 is 0. The highest BCUT2D eigenvalue weighted by Crippen LogP contribution is 2.33. The fourth-order valence-electron chi connectivity index (χ4n) is 2.83. The summed E-state index contributed by atoms with van der Waals surface area (Å²) in [4.78, 5) is 14.1. The Labute approximate surface area is 148 Å². The first kappa shape index (κ1) is 17.8. The summed E-state index contributed by atoms with van der Waals surface area (Å²) in [5.74, 6) is 1.16. The van der Waals surface area contributed by atoms with Crippen molar-refractivity contribution in [2.24, 2.45) is 0 Å². The predicted octanol–water partition coefficient (Wildman–Crippen LogP) is 2.04. The van der Waals surface area contributed by atoms with E-state index >= 15 is 0 Å². The van der Waals surface area contributed by atoms with Crippen molar-refractivity contribution in [2.75, 3.05) is 33.4 Å². The quantitative estimate of drug-likeness (QED) is 0.576. The first-order valence-corrected chi connectivity index (χ1v) is 8.75. The zero-order valence-corrected chi connectivity index (χ0v) is 14.5. The van der Waals surface area contributed by atoms with Crippen LogP contribution in [0.5, 0.6) is 5.75 Å². The molecule has 6 nitrogen and oxygen atoms in total. The second-order valence-electron chi connectivity index (χ2n) is 6.29. The molecule has 0 aromatic heterocycles. The highest BCUT2D eigenvalue weighted by atomic mass is 16.7. The maximum absolute atomic E-state index is 12.4. The molecule has 0 saturated carbocycles. The maximum Gasteiger partial charge on any atom is 0.288 e. The molecule has 2 heterocycles. The molecular weight excluding hydrogens is 322 g/mol. The molecule has 1 fully saturated rings. The Balaban J connectivity index is 1.71. The van der Waals surface area contributed by atoms with Crippen molar-refractivity contribution >= 4 is 5.91 Å². The number of hydrogen-bond acceptors (Lipinski definition) is 5. The molecule has 0 bridgehead atoms. The van der Waals surface area contributed by atoms with E-state index in [1.807, 2.05) is 30.3 Å². The highest BCUT2D eigenvalue weighted by Gasteiger charge is 2.34. The van der Waals surface area contributed by atoms with Crippen LogP contribution in [0, 0.1) is 0 Å². The van der Waals surface area contributed by atoms with Crippen LogP contribution in [0.15, 0.2) is 36.1 Å². The second kappa shape index (κ2) is 8.36. The first-order chi connectivity index (χ1) is 12.2. The Morgan fingerprint density at radius 1 is 1.28 bits per heavy atom. The number of rotatable bonds is 8. The van der Waals surface area contributed by atoms with Gasteiger partial charge in [0.2, 0.25) is 6.29 Å². The molecule has 0 radical (unpaired) electrons. The van der Waals surface area contributed by atoms with Crippen molar-refractivity contribution in [1.29, 1.82) is 0 Å². The molecule has 1 saturated heterocycles. The van der Waals surface area contributed by atoms with Gasteiger partial charge in [0, 0.05) is 32.0 Å². The Morgan fingerprint density at radius 3 is 2.68 bits per heavy atom. The highest BCUT2D eigenvalue weighted by molar-refractivity contribution is 5.93. The molecular formula is C19H25NO5. The second-order valence-corrected chi connectivity index (χ2v) is 6.29. The summed E-state index contributed by atoms with van der Waals surface area (Å²) < 4.78 is 16.8. The summed E-state index contributed by atoms with van der Waals surface area (Å²) in [6.07, 6.45) is 3.57. The van der Waals surface area contributed by atoms with E-state index < -0.39 is 6.29 Å². The summed E-state index contributed by atoms with van der Waals surface area (Å²) in [6.45, 7) is 2.23. The fourth-order valence-corrected chi connectivity index (χ4v) is 2.83. The van der Waals surface area contributed by atoms with Crippen LogP contribution in [-0.4, -0.2) is 55.6 Å². The van der Waals surface area contributed by atoms with E-state index in [2.05, 4.69) is 0 Å². The molecule has 0 spiro atoms. The normalized spacial score (nSPS) is 22.2. The number of nitrogens with zero attached hydrogens (tertiary/aromatic N) is 1. The molecule has 1 N–H and O–H groups in total. The van der Waals surface area contributed by atoms with E-state index in [1.165, 1.54) is 0 Å².